The molecule has 1 saturated carbocycles. The molecule has 1 aliphatic heterocycles. The third kappa shape index (κ3) is 3.02. The molecule has 0 spiro atoms. The van der Waals surface area contributed by atoms with Gasteiger partial charge in [-0.05, 0) is 36.6 Å². The Kier molecular flexibility index (Phi) is 4.64. The number of hydrogen-bond acceptors (Lipinski definition) is 3. The highest BCUT2D eigenvalue weighted by atomic mass is 79.9. The average Bonchev–Trinajstić information content (AvgIpc) is 2.50. The van der Waals surface area contributed by atoms with Crippen LogP contribution in [-0.4, -0.2) is 37.3 Å². The number of fused-ring (bicyclic) bond motifs is 1. The summed E-state index contributed by atoms with van der Waals surface area (Å²) >= 11 is 3.66. The van der Waals surface area contributed by atoms with Gasteiger partial charge in [-0.1, -0.05) is 28.8 Å². The highest BCUT2D eigenvalue weighted by Gasteiger charge is 2.34. The van der Waals surface area contributed by atoms with E-state index in [0.717, 1.165) is 29.9 Å². The van der Waals surface area contributed by atoms with E-state index in [2.05, 4.69) is 33.0 Å². The van der Waals surface area contributed by atoms with Gasteiger partial charge in [-0.2, -0.15) is 0 Å². The van der Waals surface area contributed by atoms with Crippen LogP contribution in [0.15, 0.2) is 22.7 Å². The van der Waals surface area contributed by atoms with Crippen LogP contribution in [-0.2, 0) is 11.3 Å². The van der Waals surface area contributed by atoms with Gasteiger partial charge in [-0.3, -0.25) is 4.90 Å². The fraction of sp³-hybridized carbons (Fsp3) is 0.625. The molecule has 0 N–H and O–H groups in total. The van der Waals surface area contributed by atoms with Gasteiger partial charge in [0.2, 0.25) is 0 Å². The molecule has 2 fully saturated rings. The molecule has 2 atom stereocenters. The largest absolute Gasteiger partial charge is 0.497 e. The zero-order valence-corrected chi connectivity index (χ0v) is 13.6. The number of rotatable bonds is 3. The first-order chi connectivity index (χ1) is 9.78. The SMILES string of the molecule is COc1ccc(Br)c(CN2CCOC3CCCCC32)c1. The molecule has 0 amide bonds. The monoisotopic (exact) mass is 339 g/mol. The molecule has 3 rings (SSSR count). The van der Waals surface area contributed by atoms with E-state index in [0.29, 0.717) is 12.1 Å². The topological polar surface area (TPSA) is 21.7 Å². The van der Waals surface area contributed by atoms with Gasteiger partial charge in [-0.25, -0.2) is 0 Å². The van der Waals surface area contributed by atoms with E-state index >= 15 is 0 Å². The lowest BCUT2D eigenvalue weighted by Gasteiger charge is -2.44. The van der Waals surface area contributed by atoms with Crippen LogP contribution in [0.5, 0.6) is 5.75 Å². The Morgan fingerprint density at radius 1 is 1.35 bits per heavy atom. The molecule has 1 saturated heterocycles. The molecule has 0 radical (unpaired) electrons. The van der Waals surface area contributed by atoms with Crippen LogP contribution in [0.3, 0.4) is 0 Å². The summed E-state index contributed by atoms with van der Waals surface area (Å²) in [5.74, 6) is 0.927. The second kappa shape index (κ2) is 6.46. The van der Waals surface area contributed by atoms with Crippen LogP contribution in [0.25, 0.3) is 0 Å². The lowest BCUT2D eigenvalue weighted by Crippen LogP contribution is -2.52. The van der Waals surface area contributed by atoms with Crippen LogP contribution in [0, 0.1) is 0 Å². The molecule has 110 valence electrons. The van der Waals surface area contributed by atoms with E-state index in [1.54, 1.807) is 7.11 Å². The number of ether oxygens (including phenoxy) is 2. The minimum absolute atomic E-state index is 0.446. The summed E-state index contributed by atoms with van der Waals surface area (Å²) in [5, 5.41) is 0. The number of nitrogens with zero attached hydrogens (tertiary/aromatic N) is 1. The zero-order chi connectivity index (χ0) is 13.9. The van der Waals surface area contributed by atoms with E-state index in [4.69, 9.17) is 9.47 Å². The summed E-state index contributed by atoms with van der Waals surface area (Å²) in [6, 6.07) is 6.80. The quantitative estimate of drug-likeness (QED) is 0.839. The summed E-state index contributed by atoms with van der Waals surface area (Å²) in [5.41, 5.74) is 1.30. The maximum absolute atomic E-state index is 5.95. The minimum Gasteiger partial charge on any atom is -0.497 e. The highest BCUT2D eigenvalue weighted by Crippen LogP contribution is 2.31. The Bertz CT molecular complexity index is 464. The molecule has 4 heteroatoms. The second-order valence-electron chi connectivity index (χ2n) is 5.69. The van der Waals surface area contributed by atoms with Gasteiger partial charge in [-0.15, -0.1) is 0 Å². The maximum atomic E-state index is 5.95. The molecule has 1 aromatic carbocycles. The minimum atomic E-state index is 0.446. The normalized spacial score (nSPS) is 27.1. The Morgan fingerprint density at radius 2 is 2.20 bits per heavy atom. The van der Waals surface area contributed by atoms with Gasteiger partial charge >= 0.3 is 0 Å². The van der Waals surface area contributed by atoms with E-state index in [9.17, 15) is 0 Å². The lowest BCUT2D eigenvalue weighted by molar-refractivity contribution is -0.0911. The molecule has 1 heterocycles. The molecule has 0 bridgehead atoms. The molecule has 2 unspecified atom stereocenters. The molecular weight excluding hydrogens is 318 g/mol. The smallest absolute Gasteiger partial charge is 0.119 e. The molecular formula is C16H22BrNO2. The fourth-order valence-electron chi connectivity index (χ4n) is 3.39. The molecule has 20 heavy (non-hydrogen) atoms. The summed E-state index contributed by atoms with van der Waals surface area (Å²) in [6.07, 6.45) is 5.59. The fourth-order valence-corrected chi connectivity index (χ4v) is 3.76. The van der Waals surface area contributed by atoms with Crippen molar-refractivity contribution in [3.05, 3.63) is 28.2 Å². The first kappa shape index (κ1) is 14.4. The van der Waals surface area contributed by atoms with Crippen LogP contribution in [0.4, 0.5) is 0 Å². The molecule has 1 aromatic rings. The predicted molar refractivity (Wildman–Crippen MR) is 83.1 cm³/mol. The summed E-state index contributed by atoms with van der Waals surface area (Å²) < 4.78 is 12.5. The van der Waals surface area contributed by atoms with Crippen molar-refractivity contribution in [2.75, 3.05) is 20.3 Å². The van der Waals surface area contributed by atoms with E-state index in [1.165, 1.54) is 31.2 Å². The summed E-state index contributed by atoms with van der Waals surface area (Å²) in [6.45, 7) is 2.87. The van der Waals surface area contributed by atoms with Crippen molar-refractivity contribution >= 4 is 15.9 Å². The first-order valence-electron chi connectivity index (χ1n) is 7.46. The number of methoxy groups -OCH3 is 1. The van der Waals surface area contributed by atoms with Crippen molar-refractivity contribution < 1.29 is 9.47 Å². The van der Waals surface area contributed by atoms with E-state index < -0.39 is 0 Å². The number of benzene rings is 1. The van der Waals surface area contributed by atoms with Crippen molar-refractivity contribution in [3.8, 4) is 5.75 Å². The van der Waals surface area contributed by atoms with Gasteiger partial charge in [0.1, 0.15) is 5.75 Å². The Hall–Kier alpha value is -0.580. The predicted octanol–water partition coefficient (Wildman–Crippen LogP) is 3.60. The molecule has 0 aromatic heterocycles. The van der Waals surface area contributed by atoms with Gasteiger partial charge in [0.15, 0.2) is 0 Å². The van der Waals surface area contributed by atoms with E-state index in [1.807, 2.05) is 6.07 Å². The highest BCUT2D eigenvalue weighted by molar-refractivity contribution is 9.10. The van der Waals surface area contributed by atoms with Crippen LogP contribution < -0.4 is 4.74 Å². The number of hydrogen-bond donors (Lipinski definition) is 0. The third-order valence-electron chi connectivity index (χ3n) is 4.47. The van der Waals surface area contributed by atoms with Gasteiger partial charge in [0, 0.05) is 23.6 Å². The van der Waals surface area contributed by atoms with Crippen LogP contribution >= 0.6 is 15.9 Å². The standard InChI is InChI=1S/C16H22BrNO2/c1-19-13-6-7-14(17)12(10-13)11-18-8-9-20-16-5-3-2-4-15(16)18/h6-7,10,15-16H,2-5,8-9,11H2,1H3. The van der Waals surface area contributed by atoms with Gasteiger partial charge in [0.05, 0.1) is 19.8 Å². The number of halogens is 1. The average molecular weight is 340 g/mol. The van der Waals surface area contributed by atoms with Crippen LogP contribution in [0.2, 0.25) is 0 Å². The second-order valence-corrected chi connectivity index (χ2v) is 6.54. The van der Waals surface area contributed by atoms with Crippen molar-refractivity contribution in [2.45, 2.75) is 44.4 Å². The van der Waals surface area contributed by atoms with Crippen molar-refractivity contribution in [1.29, 1.82) is 0 Å². The van der Waals surface area contributed by atoms with Gasteiger partial charge in [0.25, 0.3) is 0 Å². The summed E-state index contributed by atoms with van der Waals surface area (Å²) in [4.78, 5) is 2.59. The van der Waals surface area contributed by atoms with Crippen molar-refractivity contribution in [3.63, 3.8) is 0 Å². The van der Waals surface area contributed by atoms with E-state index in [-0.39, 0.29) is 0 Å². The molecule has 2 aliphatic rings. The maximum Gasteiger partial charge on any atom is 0.119 e. The summed E-state index contributed by atoms with van der Waals surface area (Å²) in [7, 11) is 1.72. The van der Waals surface area contributed by atoms with Gasteiger partial charge < -0.3 is 9.47 Å². The van der Waals surface area contributed by atoms with Crippen molar-refractivity contribution in [2.24, 2.45) is 0 Å². The Labute approximate surface area is 129 Å². The zero-order valence-electron chi connectivity index (χ0n) is 12.0. The van der Waals surface area contributed by atoms with Crippen LogP contribution in [0.1, 0.15) is 31.2 Å². The Morgan fingerprint density at radius 3 is 3.05 bits per heavy atom. The third-order valence-corrected chi connectivity index (χ3v) is 5.25. The number of morpholine rings is 1. The first-order valence-corrected chi connectivity index (χ1v) is 8.25. The lowest BCUT2D eigenvalue weighted by atomic mass is 9.90. The molecule has 3 nitrogen and oxygen atoms in total. The van der Waals surface area contributed by atoms with Crippen molar-refractivity contribution in [1.82, 2.24) is 4.90 Å². The Balaban J connectivity index is 1.75. The molecule has 1 aliphatic carbocycles.